The summed E-state index contributed by atoms with van der Waals surface area (Å²) >= 11 is 1.92. The Labute approximate surface area is 113 Å². The Hall–Kier alpha value is -0.540. The predicted molar refractivity (Wildman–Crippen MR) is 76.4 cm³/mol. The number of thioether (sulfide) groups is 1. The maximum absolute atomic E-state index is 13.3. The number of hydrogen-bond donors (Lipinski definition) is 1. The fraction of sp³-hybridized carbons (Fsp3) is 0.600. The van der Waals surface area contributed by atoms with Crippen LogP contribution in [0, 0.1) is 11.7 Å². The summed E-state index contributed by atoms with van der Waals surface area (Å²) in [7, 11) is 0. The van der Waals surface area contributed by atoms with Crippen LogP contribution in [0.1, 0.15) is 38.2 Å². The molecule has 1 fully saturated rings. The van der Waals surface area contributed by atoms with Crippen molar-refractivity contribution in [1.29, 1.82) is 0 Å². The van der Waals surface area contributed by atoms with Gasteiger partial charge in [0.05, 0.1) is 0 Å². The topological polar surface area (TPSA) is 26.0 Å². The van der Waals surface area contributed by atoms with Gasteiger partial charge in [-0.2, -0.15) is 0 Å². The van der Waals surface area contributed by atoms with Gasteiger partial charge in [-0.15, -0.1) is 11.8 Å². The number of benzene rings is 1. The van der Waals surface area contributed by atoms with Gasteiger partial charge in [-0.25, -0.2) is 4.39 Å². The minimum absolute atomic E-state index is 0.153. The van der Waals surface area contributed by atoms with Gasteiger partial charge in [0, 0.05) is 10.1 Å². The summed E-state index contributed by atoms with van der Waals surface area (Å²) in [5, 5.41) is 0.690. The zero-order valence-electron chi connectivity index (χ0n) is 11.0. The van der Waals surface area contributed by atoms with Crippen LogP contribution in [0.5, 0.6) is 0 Å². The number of nitrogens with two attached hydrogens (primary N) is 1. The largest absolute Gasteiger partial charge is 0.330 e. The lowest BCUT2D eigenvalue weighted by atomic mass is 9.91. The molecule has 2 rings (SSSR count). The summed E-state index contributed by atoms with van der Waals surface area (Å²) in [6.45, 7) is 2.91. The van der Waals surface area contributed by atoms with Crippen molar-refractivity contribution in [1.82, 2.24) is 0 Å². The van der Waals surface area contributed by atoms with Crippen LogP contribution in [0.25, 0.3) is 0 Å². The summed E-state index contributed by atoms with van der Waals surface area (Å²) in [6, 6.07) is 5.13. The van der Waals surface area contributed by atoms with Crippen LogP contribution in [0.15, 0.2) is 23.1 Å². The molecular weight excluding hydrogens is 245 g/mol. The maximum atomic E-state index is 13.3. The molecule has 0 saturated heterocycles. The maximum Gasteiger partial charge on any atom is 0.123 e. The molecule has 18 heavy (non-hydrogen) atoms. The van der Waals surface area contributed by atoms with E-state index in [0.29, 0.717) is 11.8 Å². The zero-order valence-corrected chi connectivity index (χ0v) is 11.8. The summed E-state index contributed by atoms with van der Waals surface area (Å²) in [4.78, 5) is 1.22. The smallest absolute Gasteiger partial charge is 0.123 e. The lowest BCUT2D eigenvalue weighted by Gasteiger charge is -2.26. The van der Waals surface area contributed by atoms with Crippen LogP contribution in [-0.2, 0) is 6.42 Å². The van der Waals surface area contributed by atoms with Crippen LogP contribution >= 0.6 is 11.8 Å². The van der Waals surface area contributed by atoms with E-state index < -0.39 is 0 Å². The average Bonchev–Trinajstić information content (AvgIpc) is 2.33. The Morgan fingerprint density at radius 3 is 2.94 bits per heavy atom. The highest BCUT2D eigenvalue weighted by Gasteiger charge is 2.20. The van der Waals surface area contributed by atoms with Crippen LogP contribution in [0.4, 0.5) is 4.39 Å². The summed E-state index contributed by atoms with van der Waals surface area (Å²) < 4.78 is 13.3. The van der Waals surface area contributed by atoms with Gasteiger partial charge in [0.1, 0.15) is 5.82 Å². The third-order valence-electron chi connectivity index (χ3n) is 3.62. The summed E-state index contributed by atoms with van der Waals surface area (Å²) in [6.07, 6.45) is 6.02. The molecule has 2 unspecified atom stereocenters. The number of hydrogen-bond acceptors (Lipinski definition) is 2. The van der Waals surface area contributed by atoms with Crippen LogP contribution in [0.2, 0.25) is 0 Å². The highest BCUT2D eigenvalue weighted by Crippen LogP contribution is 2.37. The van der Waals surface area contributed by atoms with Crippen molar-refractivity contribution < 1.29 is 4.39 Å². The molecule has 1 aromatic carbocycles. The second-order valence-corrected chi connectivity index (χ2v) is 6.64. The Morgan fingerprint density at radius 1 is 1.39 bits per heavy atom. The minimum atomic E-state index is -0.153. The zero-order chi connectivity index (χ0) is 13.0. The van der Waals surface area contributed by atoms with E-state index in [1.807, 2.05) is 17.8 Å². The van der Waals surface area contributed by atoms with Gasteiger partial charge >= 0.3 is 0 Å². The van der Waals surface area contributed by atoms with Crippen molar-refractivity contribution in [2.45, 2.75) is 49.2 Å². The number of rotatable bonds is 4. The lowest BCUT2D eigenvalue weighted by molar-refractivity contribution is 0.394. The predicted octanol–water partition coefficient (Wildman–Crippen LogP) is 4.00. The fourth-order valence-corrected chi connectivity index (χ4v) is 4.21. The van der Waals surface area contributed by atoms with E-state index in [2.05, 4.69) is 6.92 Å². The molecule has 1 aromatic rings. The van der Waals surface area contributed by atoms with Gasteiger partial charge in [-0.05, 0) is 55.5 Å². The van der Waals surface area contributed by atoms with E-state index in [1.54, 1.807) is 12.1 Å². The Bertz CT molecular complexity index is 394. The molecule has 0 spiro atoms. The molecule has 3 heteroatoms. The molecule has 0 radical (unpaired) electrons. The van der Waals surface area contributed by atoms with Crippen molar-refractivity contribution in [2.75, 3.05) is 6.54 Å². The monoisotopic (exact) mass is 267 g/mol. The summed E-state index contributed by atoms with van der Waals surface area (Å²) in [5.41, 5.74) is 6.67. The standard InChI is InChI=1S/C15H22FNS/c1-11-3-2-4-14(9-11)18-15-6-5-13(16)10-12(15)7-8-17/h5-6,10-11,14H,2-4,7-9,17H2,1H3. The second-order valence-electron chi connectivity index (χ2n) is 5.30. The van der Waals surface area contributed by atoms with Crippen LogP contribution in [-0.4, -0.2) is 11.8 Å². The first-order chi connectivity index (χ1) is 8.69. The van der Waals surface area contributed by atoms with E-state index in [9.17, 15) is 4.39 Å². The molecule has 0 heterocycles. The molecule has 0 amide bonds. The van der Waals surface area contributed by atoms with Gasteiger partial charge in [0.25, 0.3) is 0 Å². The molecule has 100 valence electrons. The summed E-state index contributed by atoms with van der Waals surface area (Å²) in [5.74, 6) is 0.675. The van der Waals surface area contributed by atoms with Crippen LogP contribution in [0.3, 0.4) is 0 Å². The van der Waals surface area contributed by atoms with Crippen molar-refractivity contribution in [3.63, 3.8) is 0 Å². The normalized spacial score (nSPS) is 24.2. The highest BCUT2D eigenvalue weighted by molar-refractivity contribution is 8.00. The van der Waals surface area contributed by atoms with Crippen molar-refractivity contribution in [2.24, 2.45) is 11.7 Å². The highest BCUT2D eigenvalue weighted by atomic mass is 32.2. The van der Waals surface area contributed by atoms with E-state index in [1.165, 1.54) is 30.6 Å². The molecular formula is C15H22FNS. The number of halogens is 1. The third-order valence-corrected chi connectivity index (χ3v) is 5.03. The molecule has 2 atom stereocenters. The molecule has 1 nitrogen and oxygen atoms in total. The van der Waals surface area contributed by atoms with E-state index in [0.717, 1.165) is 17.9 Å². The van der Waals surface area contributed by atoms with Crippen LogP contribution < -0.4 is 5.73 Å². The first kappa shape index (κ1) is 13.9. The van der Waals surface area contributed by atoms with E-state index in [-0.39, 0.29) is 5.82 Å². The molecule has 1 aliphatic rings. The first-order valence-corrected chi connectivity index (χ1v) is 7.72. The quantitative estimate of drug-likeness (QED) is 0.892. The second kappa shape index (κ2) is 6.58. The molecule has 0 bridgehead atoms. The minimum Gasteiger partial charge on any atom is -0.330 e. The molecule has 1 aliphatic carbocycles. The van der Waals surface area contributed by atoms with Gasteiger partial charge in [-0.1, -0.05) is 19.8 Å². The lowest BCUT2D eigenvalue weighted by Crippen LogP contribution is -2.15. The molecule has 0 aromatic heterocycles. The van der Waals surface area contributed by atoms with Crippen molar-refractivity contribution in [3.05, 3.63) is 29.6 Å². The molecule has 1 saturated carbocycles. The van der Waals surface area contributed by atoms with Crippen molar-refractivity contribution in [3.8, 4) is 0 Å². The van der Waals surface area contributed by atoms with Gasteiger partial charge < -0.3 is 5.73 Å². The fourth-order valence-electron chi connectivity index (χ4n) is 2.68. The van der Waals surface area contributed by atoms with E-state index in [4.69, 9.17) is 5.73 Å². The van der Waals surface area contributed by atoms with E-state index >= 15 is 0 Å². The van der Waals surface area contributed by atoms with Gasteiger partial charge in [-0.3, -0.25) is 0 Å². The first-order valence-electron chi connectivity index (χ1n) is 6.84. The van der Waals surface area contributed by atoms with Gasteiger partial charge in [0.15, 0.2) is 0 Å². The molecule has 0 aliphatic heterocycles. The average molecular weight is 267 g/mol. The SMILES string of the molecule is CC1CCCC(Sc2ccc(F)cc2CCN)C1. The Morgan fingerprint density at radius 2 is 2.22 bits per heavy atom. The molecule has 2 N–H and O–H groups in total. The Balaban J connectivity index is 2.07. The van der Waals surface area contributed by atoms with Crippen molar-refractivity contribution >= 4 is 11.8 Å². The third kappa shape index (κ3) is 3.72. The Kier molecular flexibility index (Phi) is 5.07. The van der Waals surface area contributed by atoms with Gasteiger partial charge in [0.2, 0.25) is 0 Å².